The molecule has 1 fully saturated rings. The van der Waals surface area contributed by atoms with Gasteiger partial charge in [-0.1, -0.05) is 33.1 Å². The Kier molecular flexibility index (Phi) is 6.50. The van der Waals surface area contributed by atoms with Crippen LogP contribution in [-0.2, 0) is 10.8 Å². The van der Waals surface area contributed by atoms with Crippen LogP contribution < -0.4 is 5.32 Å². The fraction of sp³-hybridized carbons (Fsp3) is 1.00. The lowest BCUT2D eigenvalue weighted by Crippen LogP contribution is -2.41. The molecular weight excluding hydrogens is 206 g/mol. The molecule has 15 heavy (non-hydrogen) atoms. The van der Waals surface area contributed by atoms with E-state index >= 15 is 0 Å². The van der Waals surface area contributed by atoms with Crippen LogP contribution >= 0.6 is 0 Å². The van der Waals surface area contributed by atoms with Gasteiger partial charge in [-0.05, 0) is 25.3 Å². The third kappa shape index (κ3) is 4.64. The van der Waals surface area contributed by atoms with E-state index in [9.17, 15) is 4.21 Å². The summed E-state index contributed by atoms with van der Waals surface area (Å²) in [5.41, 5.74) is 0. The molecule has 0 bridgehead atoms. The molecule has 0 saturated heterocycles. The standard InChI is InChI=1S/C12H25NOS/c1-3-13-12(10-15(14)4-2)11-8-6-5-7-9-11/h11-13H,3-10H2,1-2H3. The van der Waals surface area contributed by atoms with E-state index in [1.54, 1.807) is 0 Å². The Morgan fingerprint density at radius 1 is 1.27 bits per heavy atom. The van der Waals surface area contributed by atoms with Crippen LogP contribution in [0.5, 0.6) is 0 Å². The Balaban J connectivity index is 2.43. The molecule has 0 aromatic rings. The first kappa shape index (κ1) is 13.2. The Morgan fingerprint density at radius 3 is 2.47 bits per heavy atom. The van der Waals surface area contributed by atoms with Gasteiger partial charge in [-0.3, -0.25) is 4.21 Å². The minimum absolute atomic E-state index is 0.496. The van der Waals surface area contributed by atoms with Crippen molar-refractivity contribution in [1.82, 2.24) is 5.32 Å². The van der Waals surface area contributed by atoms with Crippen LogP contribution in [0.4, 0.5) is 0 Å². The van der Waals surface area contributed by atoms with Crippen molar-refractivity contribution >= 4 is 10.8 Å². The monoisotopic (exact) mass is 231 g/mol. The van der Waals surface area contributed by atoms with Gasteiger partial charge in [-0.25, -0.2) is 0 Å². The number of hydrogen-bond acceptors (Lipinski definition) is 2. The van der Waals surface area contributed by atoms with Crippen molar-refractivity contribution < 1.29 is 4.21 Å². The van der Waals surface area contributed by atoms with Gasteiger partial charge in [-0.15, -0.1) is 0 Å². The Hall–Kier alpha value is 0.110. The topological polar surface area (TPSA) is 29.1 Å². The van der Waals surface area contributed by atoms with Crippen molar-refractivity contribution in [2.45, 2.75) is 52.0 Å². The first-order valence-corrected chi connectivity index (χ1v) is 7.85. The summed E-state index contributed by atoms with van der Waals surface area (Å²) in [6.07, 6.45) is 6.79. The van der Waals surface area contributed by atoms with E-state index in [0.717, 1.165) is 24.0 Å². The van der Waals surface area contributed by atoms with Crippen LogP contribution in [0, 0.1) is 5.92 Å². The lowest BCUT2D eigenvalue weighted by molar-refractivity contribution is 0.287. The summed E-state index contributed by atoms with van der Waals surface area (Å²) in [5, 5.41) is 3.52. The maximum absolute atomic E-state index is 11.6. The van der Waals surface area contributed by atoms with E-state index in [1.807, 2.05) is 6.92 Å². The molecule has 0 aliphatic heterocycles. The molecule has 1 N–H and O–H groups in total. The molecule has 90 valence electrons. The molecule has 3 heteroatoms. The molecule has 0 aromatic carbocycles. The molecule has 0 aromatic heterocycles. The molecule has 0 heterocycles. The van der Waals surface area contributed by atoms with Gasteiger partial charge in [0.1, 0.15) is 0 Å². The molecule has 1 rings (SSSR count). The molecule has 0 amide bonds. The van der Waals surface area contributed by atoms with Gasteiger partial charge in [0, 0.05) is 28.3 Å². The van der Waals surface area contributed by atoms with Gasteiger partial charge >= 0.3 is 0 Å². The predicted octanol–water partition coefficient (Wildman–Crippen LogP) is 2.31. The summed E-state index contributed by atoms with van der Waals surface area (Å²) in [5.74, 6) is 2.43. The fourth-order valence-electron chi connectivity index (χ4n) is 2.48. The third-order valence-electron chi connectivity index (χ3n) is 3.37. The SMILES string of the molecule is CCNC(CS(=O)CC)C1CCCCC1. The fourth-order valence-corrected chi connectivity index (χ4v) is 3.50. The van der Waals surface area contributed by atoms with Crippen molar-refractivity contribution in [2.75, 3.05) is 18.1 Å². The highest BCUT2D eigenvalue weighted by Crippen LogP contribution is 2.26. The van der Waals surface area contributed by atoms with Crippen molar-refractivity contribution in [2.24, 2.45) is 5.92 Å². The number of nitrogens with one attached hydrogen (secondary N) is 1. The van der Waals surface area contributed by atoms with Crippen LogP contribution in [0.25, 0.3) is 0 Å². The van der Waals surface area contributed by atoms with Gasteiger partial charge < -0.3 is 5.32 Å². The molecule has 2 unspecified atom stereocenters. The van der Waals surface area contributed by atoms with Crippen LogP contribution in [0.2, 0.25) is 0 Å². The zero-order valence-corrected chi connectivity index (χ0v) is 10.9. The van der Waals surface area contributed by atoms with Crippen LogP contribution in [-0.4, -0.2) is 28.3 Å². The van der Waals surface area contributed by atoms with Crippen molar-refractivity contribution in [1.29, 1.82) is 0 Å². The quantitative estimate of drug-likeness (QED) is 0.760. The van der Waals surface area contributed by atoms with Crippen LogP contribution in [0.3, 0.4) is 0 Å². The van der Waals surface area contributed by atoms with Gasteiger partial charge in [0.25, 0.3) is 0 Å². The average molecular weight is 231 g/mol. The van der Waals surface area contributed by atoms with E-state index in [4.69, 9.17) is 0 Å². The highest BCUT2D eigenvalue weighted by molar-refractivity contribution is 7.84. The Morgan fingerprint density at radius 2 is 1.93 bits per heavy atom. The summed E-state index contributed by atoms with van der Waals surface area (Å²) >= 11 is 0. The minimum Gasteiger partial charge on any atom is -0.313 e. The summed E-state index contributed by atoms with van der Waals surface area (Å²) in [4.78, 5) is 0. The Bertz CT molecular complexity index is 190. The smallest absolute Gasteiger partial charge is 0.0391 e. The van der Waals surface area contributed by atoms with E-state index in [2.05, 4.69) is 12.2 Å². The maximum atomic E-state index is 11.6. The first-order valence-electron chi connectivity index (χ1n) is 6.36. The van der Waals surface area contributed by atoms with Gasteiger partial charge in [0.2, 0.25) is 0 Å². The molecule has 1 aliphatic rings. The summed E-state index contributed by atoms with van der Waals surface area (Å²) in [6, 6.07) is 0.496. The zero-order chi connectivity index (χ0) is 11.1. The lowest BCUT2D eigenvalue weighted by Gasteiger charge is -2.30. The maximum Gasteiger partial charge on any atom is 0.0391 e. The zero-order valence-electron chi connectivity index (χ0n) is 10.1. The highest BCUT2D eigenvalue weighted by Gasteiger charge is 2.23. The molecule has 1 aliphatic carbocycles. The van der Waals surface area contributed by atoms with E-state index < -0.39 is 10.8 Å². The van der Waals surface area contributed by atoms with Crippen molar-refractivity contribution in [3.8, 4) is 0 Å². The lowest BCUT2D eigenvalue weighted by atomic mass is 9.84. The summed E-state index contributed by atoms with van der Waals surface area (Å²) in [7, 11) is -0.623. The number of hydrogen-bond donors (Lipinski definition) is 1. The second-order valence-corrected chi connectivity index (χ2v) is 6.25. The summed E-state index contributed by atoms with van der Waals surface area (Å²) in [6.45, 7) is 5.16. The molecule has 0 spiro atoms. The van der Waals surface area contributed by atoms with E-state index in [1.165, 1.54) is 32.1 Å². The number of rotatable bonds is 6. The normalized spacial score (nSPS) is 22.5. The molecule has 2 nitrogen and oxygen atoms in total. The molecule has 0 radical (unpaired) electrons. The van der Waals surface area contributed by atoms with Gasteiger partial charge in [0.15, 0.2) is 0 Å². The first-order chi connectivity index (χ1) is 7.27. The molecular formula is C12H25NOS. The second kappa shape index (κ2) is 7.39. The second-order valence-electron chi connectivity index (χ2n) is 4.46. The third-order valence-corrected chi connectivity index (χ3v) is 4.75. The predicted molar refractivity (Wildman–Crippen MR) is 67.6 cm³/mol. The van der Waals surface area contributed by atoms with E-state index in [0.29, 0.717) is 6.04 Å². The average Bonchev–Trinajstić information content (AvgIpc) is 2.29. The van der Waals surface area contributed by atoms with Crippen LogP contribution in [0.1, 0.15) is 46.0 Å². The Labute approximate surface area is 96.7 Å². The summed E-state index contributed by atoms with van der Waals surface area (Å²) < 4.78 is 11.6. The largest absolute Gasteiger partial charge is 0.313 e. The molecule has 2 atom stereocenters. The highest BCUT2D eigenvalue weighted by atomic mass is 32.2. The van der Waals surface area contributed by atoms with Gasteiger partial charge in [0.05, 0.1) is 0 Å². The minimum atomic E-state index is -0.623. The molecule has 1 saturated carbocycles. The van der Waals surface area contributed by atoms with Crippen molar-refractivity contribution in [3.05, 3.63) is 0 Å². The van der Waals surface area contributed by atoms with E-state index in [-0.39, 0.29) is 0 Å². The van der Waals surface area contributed by atoms with Gasteiger partial charge in [-0.2, -0.15) is 0 Å². The van der Waals surface area contributed by atoms with Crippen LogP contribution in [0.15, 0.2) is 0 Å². The van der Waals surface area contributed by atoms with Crippen molar-refractivity contribution in [3.63, 3.8) is 0 Å².